The van der Waals surface area contributed by atoms with Gasteiger partial charge in [0.15, 0.2) is 0 Å². The van der Waals surface area contributed by atoms with Crippen LogP contribution in [0.5, 0.6) is 0 Å². The summed E-state index contributed by atoms with van der Waals surface area (Å²) in [5, 5.41) is 2.30. The van der Waals surface area contributed by atoms with Crippen LogP contribution >= 0.6 is 15.9 Å². The van der Waals surface area contributed by atoms with Crippen LogP contribution < -0.4 is 5.32 Å². The van der Waals surface area contributed by atoms with Crippen molar-refractivity contribution in [3.8, 4) is 0 Å². The summed E-state index contributed by atoms with van der Waals surface area (Å²) in [4.78, 5) is 10.8. The third kappa shape index (κ3) is 3.22. The number of ether oxygens (including phenoxy) is 1. The lowest BCUT2D eigenvalue weighted by Crippen LogP contribution is -2.21. The summed E-state index contributed by atoms with van der Waals surface area (Å²) in [6.07, 6.45) is 3.84. The van der Waals surface area contributed by atoms with Crippen LogP contribution in [0.3, 0.4) is 0 Å². The first-order valence-electron chi connectivity index (χ1n) is 5.98. The Morgan fingerprint density at radius 1 is 1.44 bits per heavy atom. The van der Waals surface area contributed by atoms with Crippen LogP contribution in [0.15, 0.2) is 16.6 Å². The molecule has 0 aromatic heterocycles. The summed E-state index contributed by atoms with van der Waals surface area (Å²) >= 11 is 3.15. The molecule has 1 saturated carbocycles. The quantitative estimate of drug-likeness (QED) is 0.767. The minimum absolute atomic E-state index is 0.109. The van der Waals surface area contributed by atoms with Gasteiger partial charge in [-0.25, -0.2) is 9.18 Å². The summed E-state index contributed by atoms with van der Waals surface area (Å²) in [6, 6.07) is 3.00. The molecule has 18 heavy (non-hydrogen) atoms. The molecule has 1 aromatic carbocycles. The Labute approximate surface area is 114 Å². The van der Waals surface area contributed by atoms with E-state index < -0.39 is 11.9 Å². The molecule has 3 rings (SSSR count). The van der Waals surface area contributed by atoms with Gasteiger partial charge in [0, 0.05) is 10.0 Å². The number of amides is 1. The summed E-state index contributed by atoms with van der Waals surface area (Å²) in [7, 11) is 0. The summed E-state index contributed by atoms with van der Waals surface area (Å²) in [5.41, 5.74) is 0.839. The second kappa shape index (κ2) is 5.69. The van der Waals surface area contributed by atoms with Crippen LogP contribution in [0.25, 0.3) is 0 Å². The number of nitrogens with one attached hydrogen (secondary N) is 1. The Kier molecular flexibility index (Phi) is 4.22. The molecule has 2 aliphatic rings. The Balaban J connectivity index is 0.000000202. The largest absolute Gasteiger partial charge is 0.444 e. The molecule has 1 amide bonds. The molecule has 0 bridgehead atoms. The molecule has 0 saturated heterocycles. The van der Waals surface area contributed by atoms with Gasteiger partial charge < -0.3 is 4.74 Å². The first kappa shape index (κ1) is 13.3. The number of hydrogen-bond acceptors (Lipinski definition) is 2. The maximum Gasteiger partial charge on any atom is 0.412 e. The summed E-state index contributed by atoms with van der Waals surface area (Å²) < 4.78 is 18.5. The van der Waals surface area contributed by atoms with Crippen LogP contribution in [-0.4, -0.2) is 6.09 Å². The normalized spacial score (nSPS) is 17.6. The molecule has 0 spiro atoms. The van der Waals surface area contributed by atoms with Crippen molar-refractivity contribution in [3.05, 3.63) is 28.0 Å². The third-order valence-corrected chi connectivity index (χ3v) is 3.57. The summed E-state index contributed by atoms with van der Waals surface area (Å²) in [5.74, 6) is 0.607. The number of carbonyl (C=O) groups excluding carboxylic acids is 1. The second-order valence-electron chi connectivity index (χ2n) is 4.66. The van der Waals surface area contributed by atoms with Gasteiger partial charge in [-0.3, -0.25) is 5.32 Å². The molecule has 1 aliphatic carbocycles. The highest BCUT2D eigenvalue weighted by Gasteiger charge is 2.19. The predicted octanol–water partition coefficient (Wildman–Crippen LogP) is 4.46. The maximum absolute atomic E-state index is 13.2. The molecule has 98 valence electrons. The van der Waals surface area contributed by atoms with Crippen molar-refractivity contribution >= 4 is 27.7 Å². The first-order chi connectivity index (χ1) is 8.56. The van der Waals surface area contributed by atoms with E-state index in [-0.39, 0.29) is 12.3 Å². The average Bonchev–Trinajstić information content (AvgIpc) is 2.28. The minimum Gasteiger partial charge on any atom is -0.444 e. The SMILES string of the molecule is CC1CCC1.O=C1Nc2c(F)cc(Br)cc2CO1. The van der Waals surface area contributed by atoms with Crippen LogP contribution in [0.1, 0.15) is 31.7 Å². The zero-order valence-corrected chi connectivity index (χ0v) is 11.7. The highest BCUT2D eigenvalue weighted by atomic mass is 79.9. The molecular weight excluding hydrogens is 301 g/mol. The highest BCUT2D eigenvalue weighted by Crippen LogP contribution is 2.28. The van der Waals surface area contributed by atoms with E-state index in [2.05, 4.69) is 32.9 Å². The molecule has 1 aromatic rings. The van der Waals surface area contributed by atoms with Gasteiger partial charge in [-0.15, -0.1) is 0 Å². The van der Waals surface area contributed by atoms with Gasteiger partial charge in [0.1, 0.15) is 12.4 Å². The molecule has 3 nitrogen and oxygen atoms in total. The van der Waals surface area contributed by atoms with Crippen molar-refractivity contribution < 1.29 is 13.9 Å². The van der Waals surface area contributed by atoms with Crippen molar-refractivity contribution in [2.24, 2.45) is 5.92 Å². The van der Waals surface area contributed by atoms with E-state index >= 15 is 0 Å². The van der Waals surface area contributed by atoms with E-state index in [0.29, 0.717) is 10.0 Å². The van der Waals surface area contributed by atoms with E-state index in [1.54, 1.807) is 6.07 Å². The molecule has 0 unspecified atom stereocenters. The summed E-state index contributed by atoms with van der Waals surface area (Å²) in [6.45, 7) is 2.42. The van der Waals surface area contributed by atoms with Crippen molar-refractivity contribution in [2.45, 2.75) is 32.8 Å². The van der Waals surface area contributed by atoms with Crippen molar-refractivity contribution in [1.29, 1.82) is 0 Å². The van der Waals surface area contributed by atoms with Crippen LogP contribution in [0.2, 0.25) is 0 Å². The Bertz CT molecular complexity index is 461. The van der Waals surface area contributed by atoms with Gasteiger partial charge in [-0.2, -0.15) is 0 Å². The Morgan fingerprint density at radius 3 is 2.67 bits per heavy atom. The second-order valence-corrected chi connectivity index (χ2v) is 5.57. The molecule has 1 heterocycles. The monoisotopic (exact) mass is 315 g/mol. The topological polar surface area (TPSA) is 38.3 Å². The van der Waals surface area contributed by atoms with Crippen LogP contribution in [-0.2, 0) is 11.3 Å². The van der Waals surface area contributed by atoms with Gasteiger partial charge in [0.05, 0.1) is 5.69 Å². The molecule has 1 aliphatic heterocycles. The lowest BCUT2D eigenvalue weighted by atomic mass is 9.88. The van der Waals surface area contributed by atoms with Gasteiger partial charge in [0.25, 0.3) is 0 Å². The van der Waals surface area contributed by atoms with Gasteiger partial charge in [0.2, 0.25) is 0 Å². The van der Waals surface area contributed by atoms with Gasteiger partial charge in [-0.05, 0) is 18.1 Å². The number of rotatable bonds is 0. The molecule has 1 N–H and O–H groups in total. The number of hydrogen-bond donors (Lipinski definition) is 1. The number of benzene rings is 1. The van der Waals surface area contributed by atoms with E-state index in [0.717, 1.165) is 5.92 Å². The zero-order valence-electron chi connectivity index (χ0n) is 10.1. The zero-order chi connectivity index (χ0) is 13.1. The number of fused-ring (bicyclic) bond motifs is 1. The van der Waals surface area contributed by atoms with E-state index in [9.17, 15) is 9.18 Å². The van der Waals surface area contributed by atoms with Crippen LogP contribution in [0.4, 0.5) is 14.9 Å². The average molecular weight is 316 g/mol. The van der Waals surface area contributed by atoms with Gasteiger partial charge in [-0.1, -0.05) is 42.1 Å². The lowest BCUT2D eigenvalue weighted by Gasteiger charge is -2.18. The lowest BCUT2D eigenvalue weighted by molar-refractivity contribution is 0.151. The molecule has 0 radical (unpaired) electrons. The first-order valence-corrected chi connectivity index (χ1v) is 6.77. The molecule has 1 fully saturated rings. The number of anilines is 1. The fourth-order valence-corrected chi connectivity index (χ4v) is 2.25. The third-order valence-electron chi connectivity index (χ3n) is 3.12. The molecule has 5 heteroatoms. The maximum atomic E-state index is 13.2. The minimum atomic E-state index is -0.617. The number of carbonyl (C=O) groups is 1. The fraction of sp³-hybridized carbons (Fsp3) is 0.462. The van der Waals surface area contributed by atoms with Crippen LogP contribution in [0, 0.1) is 11.7 Å². The van der Waals surface area contributed by atoms with Crippen molar-refractivity contribution in [1.82, 2.24) is 0 Å². The predicted molar refractivity (Wildman–Crippen MR) is 70.9 cm³/mol. The fourth-order valence-electron chi connectivity index (χ4n) is 1.77. The molecular formula is C13H15BrFNO2. The number of halogens is 2. The highest BCUT2D eigenvalue weighted by molar-refractivity contribution is 9.10. The Morgan fingerprint density at radius 2 is 2.11 bits per heavy atom. The van der Waals surface area contributed by atoms with Crippen molar-refractivity contribution in [3.63, 3.8) is 0 Å². The Hall–Kier alpha value is -1.10. The van der Waals surface area contributed by atoms with Gasteiger partial charge >= 0.3 is 6.09 Å². The van der Waals surface area contributed by atoms with E-state index in [1.165, 1.54) is 25.3 Å². The van der Waals surface area contributed by atoms with E-state index in [4.69, 9.17) is 0 Å². The number of cyclic esters (lactones) is 1. The van der Waals surface area contributed by atoms with Crippen molar-refractivity contribution in [2.75, 3.05) is 5.32 Å². The smallest absolute Gasteiger partial charge is 0.412 e. The van der Waals surface area contributed by atoms with E-state index in [1.807, 2.05) is 0 Å². The standard InChI is InChI=1S/C8H5BrFNO2.C5H10/c9-5-1-4-3-13-8(12)11-7(4)6(10)2-5;1-5-3-2-4-5/h1-2H,3H2,(H,11,12);5H,2-4H2,1H3. The molecule has 0 atom stereocenters.